The van der Waals surface area contributed by atoms with E-state index in [-0.39, 0.29) is 65.0 Å². The number of carbonyl (C=O) groups is 2. The van der Waals surface area contributed by atoms with E-state index in [0.29, 0.717) is 16.7 Å². The molecule has 55 heavy (non-hydrogen) atoms. The number of benzene rings is 2. The van der Waals surface area contributed by atoms with Gasteiger partial charge >= 0.3 is 0 Å². The van der Waals surface area contributed by atoms with Crippen LogP contribution < -0.4 is 20.1 Å². The lowest BCUT2D eigenvalue weighted by molar-refractivity contribution is -0.316. The smallest absolute Gasteiger partial charge is 0.255 e. The minimum atomic E-state index is -2.09. The lowest BCUT2D eigenvalue weighted by Crippen LogP contribution is -2.69. The number of phenols is 1. The third-order valence-corrected chi connectivity index (χ3v) is 10.8. The quantitative estimate of drug-likeness (QED) is 0.209. The van der Waals surface area contributed by atoms with Gasteiger partial charge in [-0.15, -0.1) is 0 Å². The van der Waals surface area contributed by atoms with Crippen LogP contribution in [0, 0.1) is 37.5 Å². The van der Waals surface area contributed by atoms with Crippen LogP contribution in [0.4, 0.5) is 0 Å². The first-order chi connectivity index (χ1) is 26.1. The molecular formula is C40H43ClN2O12. The van der Waals surface area contributed by atoms with Gasteiger partial charge in [-0.1, -0.05) is 65.6 Å². The van der Waals surface area contributed by atoms with Gasteiger partial charge in [-0.25, -0.2) is 0 Å². The second kappa shape index (κ2) is 15.9. The van der Waals surface area contributed by atoms with Crippen molar-refractivity contribution in [3.8, 4) is 40.9 Å². The number of aliphatic hydroxyl groups is 4. The fourth-order valence-corrected chi connectivity index (χ4v) is 7.30. The van der Waals surface area contributed by atoms with Crippen molar-refractivity contribution >= 4 is 23.4 Å². The van der Waals surface area contributed by atoms with Gasteiger partial charge < -0.3 is 59.9 Å². The maximum atomic E-state index is 13.4. The molecule has 2 aromatic rings. The lowest BCUT2D eigenvalue weighted by atomic mass is 9.84. The fraction of sp³-hybridized carbons (Fsp3) is 0.450. The molecule has 0 radical (unpaired) electrons. The zero-order valence-electron chi connectivity index (χ0n) is 30.8. The van der Waals surface area contributed by atoms with Gasteiger partial charge in [0.25, 0.3) is 5.91 Å². The van der Waals surface area contributed by atoms with Crippen LogP contribution in [0.15, 0.2) is 47.6 Å². The molecule has 1 fully saturated rings. The van der Waals surface area contributed by atoms with Gasteiger partial charge in [-0.3, -0.25) is 9.59 Å². The first-order valence-corrected chi connectivity index (χ1v) is 17.9. The normalized spacial score (nSPS) is 32.5. The Morgan fingerprint density at radius 2 is 1.82 bits per heavy atom. The van der Waals surface area contributed by atoms with Crippen molar-refractivity contribution in [2.45, 2.75) is 87.7 Å². The average Bonchev–Trinajstić information content (AvgIpc) is 3.47. The predicted octanol–water partition coefficient (Wildman–Crippen LogP) is 1.65. The minimum Gasteiger partial charge on any atom is -0.507 e. The van der Waals surface area contributed by atoms with E-state index in [2.05, 4.69) is 34.3 Å². The molecule has 292 valence electrons. The van der Waals surface area contributed by atoms with Crippen molar-refractivity contribution in [3.63, 3.8) is 0 Å². The molecule has 9 atom stereocenters. The molecular weight excluding hydrogens is 736 g/mol. The number of amides is 2. The van der Waals surface area contributed by atoms with Gasteiger partial charge in [-0.05, 0) is 44.4 Å². The van der Waals surface area contributed by atoms with Crippen molar-refractivity contribution < 1.29 is 58.8 Å². The zero-order chi connectivity index (χ0) is 39.8. The molecule has 15 heteroatoms. The Kier molecular flexibility index (Phi) is 11.6. The summed E-state index contributed by atoms with van der Waals surface area (Å²) in [6.07, 6.45) is -5.84. The van der Waals surface area contributed by atoms with Crippen molar-refractivity contribution in [2.75, 3.05) is 27.4 Å². The molecule has 7 N–H and O–H groups in total. The van der Waals surface area contributed by atoms with E-state index < -0.39 is 65.9 Å². The number of phenolic OH excluding ortho intramolecular Hbond substituents is 1. The molecule has 2 amide bonds. The summed E-state index contributed by atoms with van der Waals surface area (Å²) in [7, 11) is 2.79. The summed E-state index contributed by atoms with van der Waals surface area (Å²) in [5, 5.41) is 62.4. The van der Waals surface area contributed by atoms with Crippen LogP contribution in [0.2, 0.25) is 5.02 Å². The number of carbonyl (C=O) groups excluding carboxylic acids is 2. The number of nitrogens with one attached hydrogen (secondary N) is 2. The Morgan fingerprint density at radius 3 is 2.55 bits per heavy atom. The molecule has 1 saturated heterocycles. The van der Waals surface area contributed by atoms with Crippen LogP contribution >= 0.6 is 11.6 Å². The molecule has 4 bridgehead atoms. The van der Waals surface area contributed by atoms with Crippen LogP contribution in [0.3, 0.4) is 0 Å². The summed E-state index contributed by atoms with van der Waals surface area (Å²) in [4.78, 5) is 26.2. The number of aryl methyl sites for hydroxylation is 2. The fourth-order valence-electron chi connectivity index (χ4n) is 6.97. The summed E-state index contributed by atoms with van der Waals surface area (Å²) >= 11 is 6.87. The topological polar surface area (TPSA) is 205 Å². The van der Waals surface area contributed by atoms with Crippen LogP contribution in [-0.2, 0) is 19.0 Å². The summed E-state index contributed by atoms with van der Waals surface area (Å²) < 4.78 is 30.4. The Morgan fingerprint density at radius 1 is 1.07 bits per heavy atom. The third kappa shape index (κ3) is 7.40. The number of aromatic hydroxyl groups is 1. The van der Waals surface area contributed by atoms with Crippen molar-refractivity contribution in [3.05, 3.63) is 74.8 Å². The van der Waals surface area contributed by atoms with Crippen LogP contribution in [0.25, 0.3) is 0 Å². The zero-order valence-corrected chi connectivity index (χ0v) is 31.6. The van der Waals surface area contributed by atoms with E-state index in [1.807, 2.05) is 0 Å². The van der Waals surface area contributed by atoms with Crippen molar-refractivity contribution in [1.29, 1.82) is 0 Å². The summed E-state index contributed by atoms with van der Waals surface area (Å²) in [5.41, 5.74) is -2.44. The van der Waals surface area contributed by atoms with Gasteiger partial charge in [-0.2, -0.15) is 0 Å². The van der Waals surface area contributed by atoms with Gasteiger partial charge in [0.05, 0.1) is 49.0 Å². The number of rotatable bonds is 6. The number of methoxy groups -OCH3 is 2. The van der Waals surface area contributed by atoms with E-state index in [1.54, 1.807) is 38.1 Å². The average molecular weight is 779 g/mol. The summed E-state index contributed by atoms with van der Waals surface area (Å²) in [6, 6.07) is 5.14. The first kappa shape index (κ1) is 40.1. The number of hydrogen-bond acceptors (Lipinski definition) is 12. The monoisotopic (exact) mass is 778 g/mol. The number of hydrogen-bond donors (Lipinski definition) is 7. The number of aliphatic hydroxyl groups excluding tert-OH is 3. The molecule has 2 heterocycles. The van der Waals surface area contributed by atoms with E-state index in [0.717, 1.165) is 0 Å². The van der Waals surface area contributed by atoms with Gasteiger partial charge in [0.1, 0.15) is 17.5 Å². The highest BCUT2D eigenvalue weighted by Gasteiger charge is 2.59. The molecule has 14 nitrogen and oxygen atoms in total. The van der Waals surface area contributed by atoms with E-state index in [9.17, 15) is 35.1 Å². The van der Waals surface area contributed by atoms with Crippen molar-refractivity contribution in [2.24, 2.45) is 0 Å². The lowest BCUT2D eigenvalue weighted by Gasteiger charge is -2.48. The molecule has 0 spiro atoms. The standard InChI is InChI=1S/C40H43ClN2O12/c1-20-6-7-21(2)34(47)32(20)37(49)43-28-19-53-38(36(48)39(28,3)50)55-40-23(10-14-29(40)45)9-8-22-16-17-42-31(46)18-25(44)24-11-12-27(52-5)35(33(24)41)54-30(40)15-13-26(22)51-4/h6-7,10-12,16,25-26,28-30,36,38,44-45,47-48,50H,14,17-19H2,1-5H3,(H,42,46)(H,43,49)/b22-16-/t25-,26-,28-,29-,30-,36+,38+,39-,40+/m1/s1. The highest BCUT2D eigenvalue weighted by molar-refractivity contribution is 6.33. The summed E-state index contributed by atoms with van der Waals surface area (Å²) in [5.74, 6) is 10.7. The number of fused-ring (bicyclic) bond motifs is 7. The Balaban J connectivity index is 1.43. The number of halogens is 1. The third-order valence-electron chi connectivity index (χ3n) is 10.4. The molecule has 6 rings (SSSR count). The van der Waals surface area contributed by atoms with E-state index in [1.165, 1.54) is 33.3 Å². The van der Waals surface area contributed by atoms with Gasteiger partial charge in [0, 0.05) is 30.4 Å². The second-order valence-electron chi connectivity index (χ2n) is 13.9. The molecule has 2 aliphatic heterocycles. The maximum absolute atomic E-state index is 13.4. The number of ether oxygens (including phenoxy) is 5. The largest absolute Gasteiger partial charge is 0.507 e. The van der Waals surface area contributed by atoms with Crippen LogP contribution in [0.1, 0.15) is 52.9 Å². The highest BCUT2D eigenvalue weighted by Crippen LogP contribution is 2.46. The Hall–Kier alpha value is -4.61. The van der Waals surface area contributed by atoms with E-state index in [4.69, 9.17) is 35.3 Å². The SMILES string of the molecule is COc1ccc2c(Cl)c1O[C@@H]1C#C[C@@H](OC)/C(=C\CNC(=O)C[C@H]2O)C#CC2=CC[C@@H](O)[C@@]21O[C@@H]1OC[C@@H](NC(=O)c2c(C)ccc(C)c2O)[C@@](C)(O)[C@H]1O. The minimum absolute atomic E-state index is 0.00475. The van der Waals surface area contributed by atoms with E-state index >= 15 is 0 Å². The van der Waals surface area contributed by atoms with Gasteiger partial charge in [0.2, 0.25) is 5.91 Å². The Bertz CT molecular complexity index is 2060. The molecule has 0 aromatic heterocycles. The molecule has 2 aromatic carbocycles. The molecule has 0 unspecified atom stereocenters. The molecule has 4 aliphatic rings. The highest BCUT2D eigenvalue weighted by atomic mass is 35.5. The molecule has 2 aliphatic carbocycles. The summed E-state index contributed by atoms with van der Waals surface area (Å²) in [6.45, 7) is 4.24. The van der Waals surface area contributed by atoms with Crippen molar-refractivity contribution in [1.82, 2.24) is 10.6 Å². The van der Waals surface area contributed by atoms with Crippen LogP contribution in [-0.4, -0.2) is 113 Å². The van der Waals surface area contributed by atoms with Gasteiger partial charge in [0.15, 0.2) is 35.6 Å². The molecule has 0 saturated carbocycles. The maximum Gasteiger partial charge on any atom is 0.255 e. The Labute approximate surface area is 323 Å². The first-order valence-electron chi connectivity index (χ1n) is 17.6. The second-order valence-corrected chi connectivity index (χ2v) is 14.3. The van der Waals surface area contributed by atoms with Crippen LogP contribution in [0.5, 0.6) is 17.2 Å². The predicted molar refractivity (Wildman–Crippen MR) is 197 cm³/mol.